The Morgan fingerprint density at radius 3 is 2.92 bits per heavy atom. The first kappa shape index (κ1) is 9.86. The van der Waals surface area contributed by atoms with Gasteiger partial charge < -0.3 is 0 Å². The highest BCUT2D eigenvalue weighted by molar-refractivity contribution is 7.98. The first-order valence-electron chi connectivity index (χ1n) is 3.42. The highest BCUT2D eigenvalue weighted by atomic mass is 35.5. The van der Waals surface area contributed by atoms with Gasteiger partial charge in [0.2, 0.25) is 0 Å². The molecule has 1 aromatic rings. The van der Waals surface area contributed by atoms with Crippen LogP contribution in [0, 0.1) is 0 Å². The number of hydrogen-bond acceptors (Lipinski definition) is 3. The van der Waals surface area contributed by atoms with Gasteiger partial charge in [-0.25, -0.2) is 5.90 Å². The van der Waals surface area contributed by atoms with Gasteiger partial charge in [-0.15, -0.1) is 11.8 Å². The molecule has 1 rings (SSSR count). The third kappa shape index (κ3) is 2.14. The highest BCUT2D eigenvalue weighted by Gasteiger charge is 2.04. The van der Waals surface area contributed by atoms with Crippen LogP contribution < -0.4 is 5.90 Å². The maximum atomic E-state index is 5.94. The van der Waals surface area contributed by atoms with Gasteiger partial charge >= 0.3 is 0 Å². The third-order valence-corrected chi connectivity index (χ3v) is 2.70. The molecule has 0 heterocycles. The van der Waals surface area contributed by atoms with Crippen LogP contribution in [0.3, 0.4) is 0 Å². The van der Waals surface area contributed by atoms with Crippen LogP contribution in [-0.4, -0.2) is 6.26 Å². The van der Waals surface area contributed by atoms with Crippen molar-refractivity contribution in [2.45, 2.75) is 11.5 Å². The minimum absolute atomic E-state index is 0.357. The zero-order valence-electron chi connectivity index (χ0n) is 6.71. The van der Waals surface area contributed by atoms with E-state index in [1.165, 1.54) is 0 Å². The summed E-state index contributed by atoms with van der Waals surface area (Å²) in [5.74, 6) is 4.99. The zero-order valence-corrected chi connectivity index (χ0v) is 8.28. The van der Waals surface area contributed by atoms with Crippen LogP contribution in [0.15, 0.2) is 23.1 Å². The van der Waals surface area contributed by atoms with E-state index in [0.717, 1.165) is 10.5 Å². The fourth-order valence-electron chi connectivity index (χ4n) is 0.954. The van der Waals surface area contributed by atoms with Crippen molar-refractivity contribution in [2.75, 3.05) is 6.26 Å². The number of rotatable bonds is 3. The molecule has 0 spiro atoms. The Morgan fingerprint density at radius 1 is 1.58 bits per heavy atom. The smallest absolute Gasteiger partial charge is 0.0955 e. The Balaban J connectivity index is 3.02. The van der Waals surface area contributed by atoms with Gasteiger partial charge in [0.15, 0.2) is 0 Å². The van der Waals surface area contributed by atoms with Gasteiger partial charge in [0, 0.05) is 15.5 Å². The number of thioether (sulfide) groups is 1. The second-order valence-electron chi connectivity index (χ2n) is 2.23. The monoisotopic (exact) mass is 203 g/mol. The van der Waals surface area contributed by atoms with Gasteiger partial charge in [-0.3, -0.25) is 4.84 Å². The van der Waals surface area contributed by atoms with E-state index in [0.29, 0.717) is 11.6 Å². The van der Waals surface area contributed by atoms with Crippen LogP contribution in [0.2, 0.25) is 5.02 Å². The lowest BCUT2D eigenvalue weighted by molar-refractivity contribution is 0.122. The summed E-state index contributed by atoms with van der Waals surface area (Å²) < 4.78 is 0. The number of nitrogens with two attached hydrogens (primary N) is 1. The molecule has 4 heteroatoms. The van der Waals surface area contributed by atoms with E-state index in [1.54, 1.807) is 11.8 Å². The van der Waals surface area contributed by atoms with Gasteiger partial charge in [-0.1, -0.05) is 17.7 Å². The van der Waals surface area contributed by atoms with E-state index in [4.69, 9.17) is 17.5 Å². The molecule has 0 aliphatic heterocycles. The second-order valence-corrected chi connectivity index (χ2v) is 3.49. The number of hydrogen-bond donors (Lipinski definition) is 1. The first-order chi connectivity index (χ1) is 5.79. The van der Waals surface area contributed by atoms with Crippen molar-refractivity contribution < 1.29 is 4.84 Å². The van der Waals surface area contributed by atoms with Gasteiger partial charge in [0.25, 0.3) is 0 Å². The summed E-state index contributed by atoms with van der Waals surface area (Å²) in [6.45, 7) is 0.357. The predicted molar refractivity (Wildman–Crippen MR) is 52.2 cm³/mol. The van der Waals surface area contributed by atoms with E-state index in [9.17, 15) is 0 Å². The molecule has 0 amide bonds. The molecule has 0 atom stereocenters. The molecule has 12 heavy (non-hydrogen) atoms. The fraction of sp³-hybridized carbons (Fsp3) is 0.250. The van der Waals surface area contributed by atoms with E-state index < -0.39 is 0 Å². The van der Waals surface area contributed by atoms with Crippen molar-refractivity contribution in [3.05, 3.63) is 28.8 Å². The van der Waals surface area contributed by atoms with Crippen LogP contribution in [0.5, 0.6) is 0 Å². The minimum atomic E-state index is 0.357. The SMILES string of the molecule is CSc1cccc(Cl)c1CON. The van der Waals surface area contributed by atoms with E-state index in [-0.39, 0.29) is 0 Å². The molecule has 0 aliphatic carbocycles. The molecule has 0 unspecified atom stereocenters. The summed E-state index contributed by atoms with van der Waals surface area (Å²) in [6.07, 6.45) is 1.99. The largest absolute Gasteiger partial charge is 0.300 e. The van der Waals surface area contributed by atoms with Crippen molar-refractivity contribution in [3.63, 3.8) is 0 Å². The maximum Gasteiger partial charge on any atom is 0.0955 e. The molecule has 0 saturated carbocycles. The van der Waals surface area contributed by atoms with Crippen LogP contribution in [0.4, 0.5) is 0 Å². The molecule has 2 nitrogen and oxygen atoms in total. The van der Waals surface area contributed by atoms with Crippen molar-refractivity contribution in [2.24, 2.45) is 5.90 Å². The summed E-state index contributed by atoms with van der Waals surface area (Å²) in [7, 11) is 0. The van der Waals surface area contributed by atoms with E-state index in [2.05, 4.69) is 4.84 Å². The predicted octanol–water partition coefficient (Wildman–Crippen LogP) is 2.45. The first-order valence-corrected chi connectivity index (χ1v) is 5.03. The van der Waals surface area contributed by atoms with Gasteiger partial charge in [0.1, 0.15) is 0 Å². The zero-order chi connectivity index (χ0) is 8.97. The lowest BCUT2D eigenvalue weighted by atomic mass is 10.2. The molecule has 0 fully saturated rings. The Labute approximate surface area is 81.0 Å². The van der Waals surface area contributed by atoms with Crippen molar-refractivity contribution >= 4 is 23.4 Å². The van der Waals surface area contributed by atoms with Crippen molar-refractivity contribution in [1.82, 2.24) is 0 Å². The van der Waals surface area contributed by atoms with Gasteiger partial charge in [-0.2, -0.15) is 0 Å². The summed E-state index contributed by atoms with van der Waals surface area (Å²) in [4.78, 5) is 5.66. The topological polar surface area (TPSA) is 35.2 Å². The van der Waals surface area contributed by atoms with Crippen LogP contribution in [0.25, 0.3) is 0 Å². The Bertz CT molecular complexity index is 267. The molecular weight excluding hydrogens is 194 g/mol. The Hall–Kier alpha value is -0.220. The summed E-state index contributed by atoms with van der Waals surface area (Å²) in [6, 6.07) is 5.73. The molecule has 1 aromatic carbocycles. The molecule has 0 aromatic heterocycles. The van der Waals surface area contributed by atoms with Crippen LogP contribution >= 0.6 is 23.4 Å². The van der Waals surface area contributed by atoms with Crippen molar-refractivity contribution in [3.8, 4) is 0 Å². The van der Waals surface area contributed by atoms with E-state index >= 15 is 0 Å². The number of halogens is 1. The van der Waals surface area contributed by atoms with Crippen LogP contribution in [-0.2, 0) is 11.4 Å². The summed E-state index contributed by atoms with van der Waals surface area (Å²) >= 11 is 7.57. The third-order valence-electron chi connectivity index (χ3n) is 1.52. The standard InChI is InChI=1S/C8H10ClNOS/c1-12-8-4-2-3-7(9)6(8)5-11-10/h2-4H,5,10H2,1H3. The Kier molecular flexibility index (Phi) is 3.88. The second kappa shape index (κ2) is 4.72. The average Bonchev–Trinajstić information content (AvgIpc) is 2.09. The molecule has 0 saturated heterocycles. The molecule has 0 aliphatic rings. The molecular formula is C8H10ClNOS. The molecule has 0 radical (unpaired) electrons. The summed E-state index contributed by atoms with van der Waals surface area (Å²) in [5, 5.41) is 0.701. The minimum Gasteiger partial charge on any atom is -0.300 e. The van der Waals surface area contributed by atoms with E-state index in [1.807, 2.05) is 24.5 Å². The lowest BCUT2D eigenvalue weighted by Crippen LogP contribution is -2.00. The highest BCUT2D eigenvalue weighted by Crippen LogP contribution is 2.27. The maximum absolute atomic E-state index is 5.94. The average molecular weight is 204 g/mol. The Morgan fingerprint density at radius 2 is 2.33 bits per heavy atom. The molecule has 2 N–H and O–H groups in total. The molecule has 0 bridgehead atoms. The summed E-state index contributed by atoms with van der Waals surface area (Å²) in [5.41, 5.74) is 0.953. The quantitative estimate of drug-likeness (QED) is 0.606. The number of benzene rings is 1. The van der Waals surface area contributed by atoms with Crippen molar-refractivity contribution in [1.29, 1.82) is 0 Å². The van der Waals surface area contributed by atoms with Gasteiger partial charge in [-0.05, 0) is 18.4 Å². The normalized spacial score (nSPS) is 10.2. The van der Waals surface area contributed by atoms with Gasteiger partial charge in [0.05, 0.1) is 6.61 Å². The van der Waals surface area contributed by atoms with Crippen LogP contribution in [0.1, 0.15) is 5.56 Å². The molecule has 66 valence electrons. The fourth-order valence-corrected chi connectivity index (χ4v) is 1.87. The lowest BCUT2D eigenvalue weighted by Gasteiger charge is -2.07.